The average molecular weight is 541 g/mol. The molecule has 0 atom stereocenters. The lowest BCUT2D eigenvalue weighted by molar-refractivity contribution is 0.597. The van der Waals surface area contributed by atoms with Gasteiger partial charge in [0.05, 0.1) is 11.4 Å². The first kappa shape index (κ1) is 24.2. The number of para-hydroxylation sites is 1. The summed E-state index contributed by atoms with van der Waals surface area (Å²) in [5.74, 6) is 0.700. The minimum Gasteiger partial charge on any atom is -0.357 e. The molecule has 1 heterocycles. The fraction of sp³-hybridized carbons (Fsp3) is 0.286. The summed E-state index contributed by atoms with van der Waals surface area (Å²) < 4.78 is 25.2. The second kappa shape index (κ2) is 11.3. The number of hydrogen-bond acceptors (Lipinski definition) is 3. The van der Waals surface area contributed by atoms with Gasteiger partial charge in [0, 0.05) is 31.3 Å². The molecule has 2 aromatic carbocycles. The van der Waals surface area contributed by atoms with E-state index in [9.17, 15) is 8.42 Å². The lowest BCUT2D eigenvalue weighted by Gasteiger charge is -2.12. The Morgan fingerprint density at radius 2 is 1.90 bits per heavy atom. The Morgan fingerprint density at radius 3 is 2.67 bits per heavy atom. The normalized spacial score (nSPS) is 11.9. The highest BCUT2D eigenvalue weighted by Gasteiger charge is 2.08. The summed E-state index contributed by atoms with van der Waals surface area (Å²) in [6, 6.07) is 17.0. The van der Waals surface area contributed by atoms with Gasteiger partial charge >= 0.3 is 0 Å². The standard InChI is InChI=1S/C21H27N5O2S.HI/c1-2-23-21(25-16-17-7-5-9-19(15-17)29(22,27)28)24-12-6-13-26-14-11-18-8-3-4-10-20(18)26;/h3-5,7-11,14-15H,2,6,12-13,16H2,1H3,(H2,22,27,28)(H2,23,24,25);1H. The highest BCUT2D eigenvalue weighted by Crippen LogP contribution is 2.15. The molecule has 30 heavy (non-hydrogen) atoms. The number of hydrogen-bond donors (Lipinski definition) is 3. The van der Waals surface area contributed by atoms with Crippen LogP contribution in [-0.4, -0.2) is 32.0 Å². The highest BCUT2D eigenvalue weighted by atomic mass is 127. The van der Waals surface area contributed by atoms with Crippen molar-refractivity contribution in [3.63, 3.8) is 0 Å². The molecule has 4 N–H and O–H groups in total. The molecule has 0 aliphatic rings. The molecular weight excluding hydrogens is 513 g/mol. The molecule has 162 valence electrons. The Balaban J connectivity index is 0.00000320. The quantitative estimate of drug-likeness (QED) is 0.177. The van der Waals surface area contributed by atoms with E-state index < -0.39 is 10.0 Å². The molecule has 0 aliphatic carbocycles. The van der Waals surface area contributed by atoms with E-state index in [1.54, 1.807) is 12.1 Å². The van der Waals surface area contributed by atoms with Crippen LogP contribution in [0.4, 0.5) is 0 Å². The number of aryl methyl sites for hydroxylation is 1. The molecule has 0 bridgehead atoms. The zero-order valence-electron chi connectivity index (χ0n) is 16.9. The third-order valence-electron chi connectivity index (χ3n) is 4.54. The zero-order chi connectivity index (χ0) is 20.7. The molecular formula is C21H28IN5O2S. The Morgan fingerprint density at radius 1 is 1.10 bits per heavy atom. The molecule has 9 heteroatoms. The van der Waals surface area contributed by atoms with Crippen LogP contribution < -0.4 is 15.8 Å². The van der Waals surface area contributed by atoms with E-state index >= 15 is 0 Å². The molecule has 0 fully saturated rings. The summed E-state index contributed by atoms with van der Waals surface area (Å²) in [5, 5.41) is 13.0. The van der Waals surface area contributed by atoms with Crippen molar-refractivity contribution in [3.8, 4) is 0 Å². The summed E-state index contributed by atoms with van der Waals surface area (Å²) in [7, 11) is -3.71. The Bertz CT molecular complexity index is 1100. The van der Waals surface area contributed by atoms with Crippen molar-refractivity contribution in [1.29, 1.82) is 0 Å². The first-order valence-corrected chi connectivity index (χ1v) is 11.2. The fourth-order valence-corrected chi connectivity index (χ4v) is 3.71. The van der Waals surface area contributed by atoms with Crippen molar-refractivity contribution in [1.82, 2.24) is 15.2 Å². The van der Waals surface area contributed by atoms with Crippen molar-refractivity contribution in [2.75, 3.05) is 13.1 Å². The first-order valence-electron chi connectivity index (χ1n) is 9.65. The second-order valence-electron chi connectivity index (χ2n) is 6.74. The number of nitrogens with zero attached hydrogens (tertiary/aromatic N) is 2. The third-order valence-corrected chi connectivity index (χ3v) is 5.45. The van der Waals surface area contributed by atoms with E-state index in [-0.39, 0.29) is 28.9 Å². The van der Waals surface area contributed by atoms with E-state index in [1.165, 1.54) is 17.0 Å². The lowest BCUT2D eigenvalue weighted by Crippen LogP contribution is -2.38. The first-order chi connectivity index (χ1) is 14.0. The smallest absolute Gasteiger partial charge is 0.238 e. The van der Waals surface area contributed by atoms with Gasteiger partial charge in [0.2, 0.25) is 10.0 Å². The van der Waals surface area contributed by atoms with Crippen LogP contribution in [0.2, 0.25) is 0 Å². The molecule has 0 saturated heterocycles. The summed E-state index contributed by atoms with van der Waals surface area (Å²) in [4.78, 5) is 4.64. The fourth-order valence-electron chi connectivity index (χ4n) is 3.12. The van der Waals surface area contributed by atoms with Crippen LogP contribution in [0.1, 0.15) is 18.9 Å². The van der Waals surface area contributed by atoms with Gasteiger partial charge in [0.1, 0.15) is 0 Å². The number of nitrogens with two attached hydrogens (primary N) is 1. The number of guanidine groups is 1. The van der Waals surface area contributed by atoms with Gasteiger partial charge in [0.25, 0.3) is 0 Å². The topological polar surface area (TPSA) is 102 Å². The van der Waals surface area contributed by atoms with Gasteiger partial charge in [-0.25, -0.2) is 18.5 Å². The van der Waals surface area contributed by atoms with Crippen LogP contribution in [-0.2, 0) is 23.1 Å². The minimum atomic E-state index is -3.71. The molecule has 0 unspecified atom stereocenters. The second-order valence-corrected chi connectivity index (χ2v) is 8.30. The van der Waals surface area contributed by atoms with E-state index in [4.69, 9.17) is 5.14 Å². The molecule has 0 saturated carbocycles. The number of halogens is 1. The maximum atomic E-state index is 11.5. The number of sulfonamides is 1. The van der Waals surface area contributed by atoms with Gasteiger partial charge < -0.3 is 15.2 Å². The highest BCUT2D eigenvalue weighted by molar-refractivity contribution is 14.0. The van der Waals surface area contributed by atoms with Gasteiger partial charge in [-0.15, -0.1) is 24.0 Å². The zero-order valence-corrected chi connectivity index (χ0v) is 20.1. The van der Waals surface area contributed by atoms with Crippen LogP contribution in [0.5, 0.6) is 0 Å². The largest absolute Gasteiger partial charge is 0.357 e. The number of aromatic nitrogens is 1. The van der Waals surface area contributed by atoms with E-state index in [2.05, 4.69) is 50.7 Å². The minimum absolute atomic E-state index is 0. The summed E-state index contributed by atoms with van der Waals surface area (Å²) >= 11 is 0. The number of nitrogens with one attached hydrogen (secondary N) is 2. The Labute approximate surface area is 194 Å². The molecule has 0 radical (unpaired) electrons. The molecule has 0 spiro atoms. The van der Waals surface area contributed by atoms with Gasteiger partial charge in [-0.3, -0.25) is 0 Å². The Hall–Kier alpha value is -2.11. The third kappa shape index (κ3) is 6.71. The van der Waals surface area contributed by atoms with Crippen molar-refractivity contribution in [3.05, 3.63) is 66.4 Å². The van der Waals surface area contributed by atoms with Crippen LogP contribution >= 0.6 is 24.0 Å². The summed E-state index contributed by atoms with van der Waals surface area (Å²) in [5.41, 5.74) is 2.02. The number of rotatable bonds is 8. The molecule has 1 aromatic heterocycles. The summed E-state index contributed by atoms with van der Waals surface area (Å²) in [6.45, 7) is 4.79. The van der Waals surface area contributed by atoms with Gasteiger partial charge in [-0.05, 0) is 48.6 Å². The van der Waals surface area contributed by atoms with E-state index in [0.29, 0.717) is 12.5 Å². The van der Waals surface area contributed by atoms with Gasteiger partial charge in [-0.2, -0.15) is 0 Å². The van der Waals surface area contributed by atoms with Crippen molar-refractivity contribution < 1.29 is 8.42 Å². The van der Waals surface area contributed by atoms with Gasteiger partial charge in [-0.1, -0.05) is 30.3 Å². The maximum Gasteiger partial charge on any atom is 0.238 e. The SMILES string of the molecule is CCNC(=NCc1cccc(S(N)(=O)=O)c1)NCCCn1ccc2ccccc21.I. The van der Waals surface area contributed by atoms with Crippen LogP contribution in [0.25, 0.3) is 10.9 Å². The predicted octanol–water partition coefficient (Wildman–Crippen LogP) is 3.05. The van der Waals surface area contributed by atoms with E-state index in [0.717, 1.165) is 31.6 Å². The van der Waals surface area contributed by atoms with Crippen LogP contribution in [0.3, 0.4) is 0 Å². The van der Waals surface area contributed by atoms with Crippen LogP contribution in [0, 0.1) is 0 Å². The molecule has 0 aliphatic heterocycles. The van der Waals surface area contributed by atoms with Crippen molar-refractivity contribution >= 4 is 50.9 Å². The monoisotopic (exact) mass is 541 g/mol. The predicted molar refractivity (Wildman–Crippen MR) is 133 cm³/mol. The number of primary sulfonamides is 1. The Kier molecular flexibility index (Phi) is 9.12. The number of fused-ring (bicyclic) bond motifs is 1. The van der Waals surface area contributed by atoms with Crippen LogP contribution in [0.15, 0.2) is 70.7 Å². The molecule has 7 nitrogen and oxygen atoms in total. The number of benzene rings is 2. The molecule has 3 aromatic rings. The molecule has 3 rings (SSSR count). The molecule has 0 amide bonds. The van der Waals surface area contributed by atoms with Crippen molar-refractivity contribution in [2.24, 2.45) is 10.1 Å². The van der Waals surface area contributed by atoms with E-state index in [1.807, 2.05) is 19.1 Å². The maximum absolute atomic E-state index is 11.5. The number of aliphatic imine (C=N–C) groups is 1. The van der Waals surface area contributed by atoms with Gasteiger partial charge in [0.15, 0.2) is 5.96 Å². The lowest BCUT2D eigenvalue weighted by atomic mass is 10.2. The summed E-state index contributed by atoms with van der Waals surface area (Å²) in [6.07, 6.45) is 3.06. The average Bonchev–Trinajstić information content (AvgIpc) is 3.12. The van der Waals surface area contributed by atoms with Crippen molar-refractivity contribution in [2.45, 2.75) is 31.3 Å².